The molecule has 1 aromatic rings. The van der Waals surface area contributed by atoms with Crippen molar-refractivity contribution in [1.29, 1.82) is 0 Å². The Bertz CT molecular complexity index is 426. The Morgan fingerprint density at radius 2 is 2.18 bits per heavy atom. The van der Waals surface area contributed by atoms with Crippen molar-refractivity contribution in [2.75, 3.05) is 31.7 Å². The minimum atomic E-state index is -0.688. The molecule has 1 fully saturated rings. The summed E-state index contributed by atoms with van der Waals surface area (Å²) in [5.74, 6) is 2.47. The van der Waals surface area contributed by atoms with E-state index in [0.29, 0.717) is 29.6 Å². The van der Waals surface area contributed by atoms with E-state index >= 15 is 0 Å². The van der Waals surface area contributed by atoms with Gasteiger partial charge < -0.3 is 13.7 Å². The second-order valence-electron chi connectivity index (χ2n) is 3.91. The van der Waals surface area contributed by atoms with E-state index in [4.69, 9.17) is 9.15 Å². The van der Waals surface area contributed by atoms with E-state index in [1.807, 2.05) is 0 Å². The maximum absolute atomic E-state index is 11.2. The number of nitrogens with zero attached hydrogens (tertiary/aromatic N) is 1. The van der Waals surface area contributed by atoms with Gasteiger partial charge in [-0.3, -0.25) is 4.90 Å². The van der Waals surface area contributed by atoms with Crippen LogP contribution in [-0.2, 0) is 17.7 Å². The van der Waals surface area contributed by atoms with Gasteiger partial charge >= 0.3 is 5.63 Å². The lowest BCUT2D eigenvalue weighted by Crippen LogP contribution is -2.39. The van der Waals surface area contributed by atoms with Crippen molar-refractivity contribution >= 4 is 11.2 Å². The van der Waals surface area contributed by atoms with Crippen LogP contribution in [0.15, 0.2) is 21.3 Å². The molecule has 94 valence electrons. The highest BCUT2D eigenvalue weighted by Crippen LogP contribution is 2.13. The lowest BCUT2D eigenvalue weighted by Gasteiger charge is -2.27. The van der Waals surface area contributed by atoms with E-state index in [1.165, 1.54) is 13.2 Å². The van der Waals surface area contributed by atoms with Crippen molar-refractivity contribution in [2.45, 2.75) is 6.54 Å². The molecule has 1 saturated heterocycles. The van der Waals surface area contributed by atoms with Gasteiger partial charge in [0, 0.05) is 19.2 Å². The fourth-order valence-electron chi connectivity index (χ4n) is 1.75. The van der Waals surface area contributed by atoms with Crippen molar-refractivity contribution in [2.24, 2.45) is 0 Å². The van der Waals surface area contributed by atoms with E-state index in [0.717, 1.165) is 13.1 Å². The Labute approximate surface area is 103 Å². The predicted molar refractivity (Wildman–Crippen MR) is 64.7 cm³/mol. The minimum Gasteiger partial charge on any atom is -0.616 e. The van der Waals surface area contributed by atoms with Gasteiger partial charge in [-0.25, -0.2) is 4.79 Å². The predicted octanol–water partition coefficient (Wildman–Crippen LogP) is 0.213. The average molecular weight is 257 g/mol. The quantitative estimate of drug-likeness (QED) is 0.724. The fraction of sp³-hybridized carbons (Fsp3) is 0.545. The van der Waals surface area contributed by atoms with Crippen molar-refractivity contribution in [3.63, 3.8) is 0 Å². The zero-order valence-corrected chi connectivity index (χ0v) is 10.5. The summed E-state index contributed by atoms with van der Waals surface area (Å²) in [5, 5.41) is 0. The van der Waals surface area contributed by atoms with E-state index < -0.39 is 16.8 Å². The van der Waals surface area contributed by atoms with Crippen molar-refractivity contribution < 1.29 is 13.7 Å². The summed E-state index contributed by atoms with van der Waals surface area (Å²) >= 11 is -0.688. The summed E-state index contributed by atoms with van der Waals surface area (Å²) in [6.45, 7) is 2.10. The highest BCUT2D eigenvalue weighted by molar-refractivity contribution is 7.91. The highest BCUT2D eigenvalue weighted by Gasteiger charge is 2.20. The molecule has 0 saturated carbocycles. The summed E-state index contributed by atoms with van der Waals surface area (Å²) in [7, 11) is 1.52. The molecule has 2 heterocycles. The molecule has 17 heavy (non-hydrogen) atoms. The van der Waals surface area contributed by atoms with Crippen molar-refractivity contribution in [3.05, 3.63) is 28.3 Å². The Hall–Kier alpha value is -0.980. The lowest BCUT2D eigenvalue weighted by atomic mass is 10.3. The third-order valence-corrected chi connectivity index (χ3v) is 3.96. The zero-order chi connectivity index (χ0) is 12.3. The summed E-state index contributed by atoms with van der Waals surface area (Å²) in [5.41, 5.74) is -0.403. The first-order valence-corrected chi connectivity index (χ1v) is 6.91. The van der Waals surface area contributed by atoms with Crippen LogP contribution in [0.5, 0.6) is 5.75 Å². The molecule has 6 heteroatoms. The third-order valence-electron chi connectivity index (χ3n) is 2.68. The van der Waals surface area contributed by atoms with Crippen LogP contribution in [0, 0.1) is 0 Å². The second kappa shape index (κ2) is 5.57. The Balaban J connectivity index is 2.03. The molecule has 0 aromatic carbocycles. The first kappa shape index (κ1) is 12.5. The zero-order valence-electron chi connectivity index (χ0n) is 9.68. The molecule has 1 aliphatic heterocycles. The molecule has 5 nitrogen and oxygen atoms in total. The maximum Gasteiger partial charge on any atom is 0.339 e. The number of hydrogen-bond acceptors (Lipinski definition) is 5. The fourth-order valence-corrected chi connectivity index (χ4v) is 2.88. The van der Waals surface area contributed by atoms with Gasteiger partial charge in [-0.2, -0.15) is 0 Å². The van der Waals surface area contributed by atoms with E-state index in [-0.39, 0.29) is 0 Å². The number of ether oxygens (including phenoxy) is 1. The van der Waals surface area contributed by atoms with Gasteiger partial charge in [0.15, 0.2) is 0 Å². The summed E-state index contributed by atoms with van der Waals surface area (Å²) < 4.78 is 21.3. The Morgan fingerprint density at radius 3 is 2.82 bits per heavy atom. The van der Waals surface area contributed by atoms with Crippen LogP contribution in [0.25, 0.3) is 0 Å². The minimum absolute atomic E-state index is 0.403. The molecule has 0 atom stereocenters. The van der Waals surface area contributed by atoms with Gasteiger partial charge in [-0.05, 0) is 0 Å². The topological polar surface area (TPSA) is 65.7 Å². The standard InChI is InChI=1S/C11H15NO4S/c1-15-9-6-10(16-11(13)7-9)8-12-2-4-17(14)5-3-12/h6-7H,2-5,8H2,1H3. The molecule has 1 aromatic heterocycles. The van der Waals surface area contributed by atoms with Crippen molar-refractivity contribution in [1.82, 2.24) is 4.90 Å². The molecule has 0 aliphatic carbocycles. The van der Waals surface area contributed by atoms with Crippen LogP contribution in [0.2, 0.25) is 0 Å². The average Bonchev–Trinajstić information content (AvgIpc) is 2.31. The van der Waals surface area contributed by atoms with Gasteiger partial charge in [-0.15, -0.1) is 0 Å². The maximum atomic E-state index is 11.2. The Kier molecular flexibility index (Phi) is 4.09. The van der Waals surface area contributed by atoms with Crippen LogP contribution in [0.4, 0.5) is 0 Å². The number of hydrogen-bond donors (Lipinski definition) is 0. The molecule has 0 N–H and O–H groups in total. The number of rotatable bonds is 3. The Morgan fingerprint density at radius 1 is 1.47 bits per heavy atom. The van der Waals surface area contributed by atoms with Crippen LogP contribution in [0.1, 0.15) is 5.76 Å². The van der Waals surface area contributed by atoms with Gasteiger partial charge in [0.1, 0.15) is 23.0 Å². The smallest absolute Gasteiger partial charge is 0.339 e. The molecule has 0 bridgehead atoms. The second-order valence-corrected chi connectivity index (χ2v) is 5.60. The molecular formula is C11H15NO4S. The van der Waals surface area contributed by atoms with Gasteiger partial charge in [0.2, 0.25) is 0 Å². The van der Waals surface area contributed by atoms with Gasteiger partial charge in [-0.1, -0.05) is 11.2 Å². The monoisotopic (exact) mass is 257 g/mol. The molecule has 0 amide bonds. The van der Waals surface area contributed by atoms with E-state index in [2.05, 4.69) is 4.90 Å². The molecule has 0 unspecified atom stereocenters. The molecule has 2 rings (SSSR count). The molecule has 1 aliphatic rings. The third kappa shape index (κ3) is 3.49. The first-order chi connectivity index (χ1) is 8.17. The first-order valence-electron chi connectivity index (χ1n) is 5.43. The van der Waals surface area contributed by atoms with Crippen LogP contribution in [-0.4, -0.2) is 41.2 Å². The molecular weight excluding hydrogens is 242 g/mol. The summed E-state index contributed by atoms with van der Waals surface area (Å²) in [6, 6.07) is 3.03. The highest BCUT2D eigenvalue weighted by atomic mass is 32.2. The summed E-state index contributed by atoms with van der Waals surface area (Å²) in [4.78, 5) is 13.4. The van der Waals surface area contributed by atoms with Gasteiger partial charge in [0.05, 0.1) is 19.7 Å². The van der Waals surface area contributed by atoms with Crippen LogP contribution < -0.4 is 10.4 Å². The van der Waals surface area contributed by atoms with Crippen LogP contribution in [0.3, 0.4) is 0 Å². The molecule has 0 radical (unpaired) electrons. The van der Waals surface area contributed by atoms with Crippen LogP contribution >= 0.6 is 0 Å². The normalized spacial score (nSPS) is 18.2. The van der Waals surface area contributed by atoms with E-state index in [1.54, 1.807) is 6.07 Å². The molecule has 0 spiro atoms. The summed E-state index contributed by atoms with van der Waals surface area (Å²) in [6.07, 6.45) is 0. The lowest BCUT2D eigenvalue weighted by molar-refractivity contribution is 0.254. The SMILES string of the molecule is COc1cc(CN2CC[S+]([O-])CC2)oc(=O)c1. The number of methoxy groups -OCH3 is 1. The van der Waals surface area contributed by atoms with E-state index in [9.17, 15) is 9.35 Å². The van der Waals surface area contributed by atoms with Gasteiger partial charge in [0.25, 0.3) is 0 Å². The van der Waals surface area contributed by atoms with Crippen molar-refractivity contribution in [3.8, 4) is 5.75 Å². The largest absolute Gasteiger partial charge is 0.616 e.